The highest BCUT2D eigenvalue weighted by Gasteiger charge is 2.67. The average Bonchev–Trinajstić information content (AvgIpc) is 3.11. The van der Waals surface area contributed by atoms with Gasteiger partial charge < -0.3 is 55.1 Å². The van der Waals surface area contributed by atoms with Crippen LogP contribution in [0.25, 0.3) is 0 Å². The number of ketones is 1. The molecule has 206 valence electrons. The first-order chi connectivity index (χ1) is 16.6. The number of aliphatic hydroxyl groups is 8. The summed E-state index contributed by atoms with van der Waals surface area (Å²) < 4.78 is 17.5. The highest BCUT2D eigenvalue weighted by molar-refractivity contribution is 5.87. The summed E-state index contributed by atoms with van der Waals surface area (Å²) in [5.74, 6) is -2.71. The van der Waals surface area contributed by atoms with Gasteiger partial charge in [0.05, 0.1) is 25.9 Å². The molecule has 3 rings (SSSR count). The molecule has 12 heteroatoms. The van der Waals surface area contributed by atoms with Crippen LogP contribution in [0.3, 0.4) is 0 Å². The molecule has 0 aromatic heterocycles. The quantitative estimate of drug-likeness (QED) is 0.162. The van der Waals surface area contributed by atoms with Crippen LogP contribution in [0.5, 0.6) is 0 Å². The lowest BCUT2D eigenvalue weighted by Crippen LogP contribution is -2.73. The number of carbonyl (C=O) groups is 1. The second kappa shape index (κ2) is 10.5. The van der Waals surface area contributed by atoms with Crippen molar-refractivity contribution < 1.29 is 59.9 Å². The molecule has 2 heterocycles. The molecule has 10 unspecified atom stereocenters. The molecule has 2 fully saturated rings. The van der Waals surface area contributed by atoms with Gasteiger partial charge in [-0.25, -0.2) is 0 Å². The van der Waals surface area contributed by atoms with Gasteiger partial charge in [0.15, 0.2) is 5.78 Å². The van der Waals surface area contributed by atoms with E-state index in [0.717, 1.165) is 0 Å². The molecule has 0 amide bonds. The van der Waals surface area contributed by atoms with E-state index >= 15 is 0 Å². The van der Waals surface area contributed by atoms with Crippen LogP contribution < -0.4 is 0 Å². The highest BCUT2D eigenvalue weighted by Crippen LogP contribution is 2.47. The molecule has 8 N–H and O–H groups in total. The van der Waals surface area contributed by atoms with E-state index in [1.165, 1.54) is 13.0 Å². The summed E-state index contributed by atoms with van der Waals surface area (Å²) in [5.41, 5.74) is -1.63. The third-order valence-corrected chi connectivity index (χ3v) is 7.45. The lowest BCUT2D eigenvalue weighted by Gasteiger charge is -2.53. The fourth-order valence-corrected chi connectivity index (χ4v) is 5.37. The molecule has 10 atom stereocenters. The summed E-state index contributed by atoms with van der Waals surface area (Å²) in [6, 6.07) is 0. The zero-order valence-electron chi connectivity index (χ0n) is 20.8. The normalized spacial score (nSPS) is 45.4. The van der Waals surface area contributed by atoms with Crippen LogP contribution in [-0.2, 0) is 19.0 Å². The summed E-state index contributed by atoms with van der Waals surface area (Å²) in [6.45, 7) is 4.45. The number of aliphatic hydroxyl groups excluding tert-OH is 7. The van der Waals surface area contributed by atoms with Crippen molar-refractivity contribution in [2.24, 2.45) is 5.41 Å². The summed E-state index contributed by atoms with van der Waals surface area (Å²) in [5, 5.41) is 83.9. The van der Waals surface area contributed by atoms with Crippen LogP contribution in [0.4, 0.5) is 0 Å². The molecule has 0 saturated carbocycles. The number of ether oxygens (including phenoxy) is 3. The van der Waals surface area contributed by atoms with Crippen molar-refractivity contribution in [3.63, 3.8) is 0 Å². The predicted octanol–water partition coefficient (Wildman–Crippen LogP) is -2.72. The second-order valence-electron chi connectivity index (χ2n) is 10.7. The Labute approximate surface area is 209 Å². The summed E-state index contributed by atoms with van der Waals surface area (Å²) in [6.07, 6.45) is -10.1. The van der Waals surface area contributed by atoms with Gasteiger partial charge in [-0.1, -0.05) is 19.9 Å². The van der Waals surface area contributed by atoms with E-state index in [2.05, 4.69) is 0 Å². The van der Waals surface area contributed by atoms with Gasteiger partial charge in [0, 0.05) is 0 Å². The van der Waals surface area contributed by atoms with E-state index in [0.29, 0.717) is 11.1 Å². The van der Waals surface area contributed by atoms with Crippen LogP contribution in [0.2, 0.25) is 0 Å². The van der Waals surface area contributed by atoms with Crippen LogP contribution in [0, 0.1) is 5.41 Å². The maximum absolute atomic E-state index is 11.6. The predicted molar refractivity (Wildman–Crippen MR) is 122 cm³/mol. The number of hydrogen-bond donors (Lipinski definition) is 8. The fourth-order valence-electron chi connectivity index (χ4n) is 5.37. The Bertz CT molecular complexity index is 884. The van der Waals surface area contributed by atoms with Gasteiger partial charge in [0.1, 0.15) is 48.3 Å². The van der Waals surface area contributed by atoms with E-state index in [1.807, 2.05) is 13.8 Å². The molecule has 0 radical (unpaired) electrons. The second-order valence-corrected chi connectivity index (χ2v) is 10.7. The van der Waals surface area contributed by atoms with Crippen LogP contribution in [-0.4, -0.2) is 127 Å². The topological polar surface area (TPSA) is 207 Å². The monoisotopic (exact) mass is 518 g/mol. The Hall–Kier alpha value is -1.29. The van der Waals surface area contributed by atoms with E-state index in [4.69, 9.17) is 14.2 Å². The van der Waals surface area contributed by atoms with Gasteiger partial charge in [0.2, 0.25) is 5.79 Å². The summed E-state index contributed by atoms with van der Waals surface area (Å²) in [4.78, 5) is 11.6. The van der Waals surface area contributed by atoms with Crippen LogP contribution >= 0.6 is 0 Å². The van der Waals surface area contributed by atoms with Gasteiger partial charge in [-0.15, -0.1) is 0 Å². The van der Waals surface area contributed by atoms with Gasteiger partial charge in [-0.05, 0) is 42.9 Å². The lowest BCUT2D eigenvalue weighted by atomic mass is 9.70. The zero-order chi connectivity index (χ0) is 27.2. The molecule has 0 bridgehead atoms. The molecule has 0 aromatic carbocycles. The van der Waals surface area contributed by atoms with Gasteiger partial charge in [-0.3, -0.25) is 4.79 Å². The SMILES string of the molecule is CC(=O)C=CC1=C(C)C(OC2(C3OCC(O)(CO)C3O)OC(CO)C(O)C(O)C2O)C(O)CC1(C)C. The van der Waals surface area contributed by atoms with Crippen molar-refractivity contribution in [1.29, 1.82) is 0 Å². The maximum atomic E-state index is 11.6. The number of carbonyl (C=O) groups excluding carboxylic acids is 1. The van der Waals surface area contributed by atoms with Crippen molar-refractivity contribution in [3.8, 4) is 0 Å². The Morgan fingerprint density at radius 3 is 2.28 bits per heavy atom. The first-order valence-corrected chi connectivity index (χ1v) is 11.9. The van der Waals surface area contributed by atoms with E-state index in [-0.39, 0.29) is 12.2 Å². The van der Waals surface area contributed by atoms with Crippen molar-refractivity contribution >= 4 is 5.78 Å². The highest BCUT2D eigenvalue weighted by atomic mass is 16.8. The molecule has 2 aliphatic heterocycles. The molecule has 1 aliphatic carbocycles. The van der Waals surface area contributed by atoms with Crippen molar-refractivity contribution in [2.75, 3.05) is 19.8 Å². The van der Waals surface area contributed by atoms with E-state index in [1.54, 1.807) is 13.0 Å². The molecule has 3 aliphatic rings. The Morgan fingerprint density at radius 1 is 1.11 bits per heavy atom. The Balaban J connectivity index is 2.14. The van der Waals surface area contributed by atoms with Crippen molar-refractivity contribution in [1.82, 2.24) is 0 Å². The molecule has 0 aromatic rings. The van der Waals surface area contributed by atoms with Gasteiger partial charge in [0.25, 0.3) is 0 Å². The first kappa shape index (κ1) is 29.3. The molecule has 12 nitrogen and oxygen atoms in total. The fraction of sp³-hybridized carbons (Fsp3) is 0.792. The smallest absolute Gasteiger partial charge is 0.228 e. The maximum Gasteiger partial charge on any atom is 0.228 e. The van der Waals surface area contributed by atoms with Crippen LogP contribution in [0.15, 0.2) is 23.3 Å². The number of rotatable bonds is 7. The standard InChI is InChI=1S/C24H38O12/c1-11(27)5-6-13-12(2)18(14(28)7-22(13,3)4)36-24(21-20(32)23(33,9-26)10-34-21)19(31)17(30)16(29)15(8-25)35-24/h5-6,14-21,25-26,28-33H,7-10H2,1-4H3. The van der Waals surface area contributed by atoms with E-state index < -0.39 is 85.5 Å². The third kappa shape index (κ3) is 4.93. The van der Waals surface area contributed by atoms with Gasteiger partial charge >= 0.3 is 0 Å². The Kier molecular flexibility index (Phi) is 8.51. The molecule has 36 heavy (non-hydrogen) atoms. The zero-order valence-corrected chi connectivity index (χ0v) is 20.8. The number of allylic oxidation sites excluding steroid dienone is 3. The van der Waals surface area contributed by atoms with E-state index in [9.17, 15) is 45.6 Å². The third-order valence-electron chi connectivity index (χ3n) is 7.45. The van der Waals surface area contributed by atoms with Crippen molar-refractivity contribution in [2.45, 2.75) is 94.3 Å². The van der Waals surface area contributed by atoms with Crippen LogP contribution in [0.1, 0.15) is 34.1 Å². The van der Waals surface area contributed by atoms with Gasteiger partial charge in [-0.2, -0.15) is 0 Å². The molecular weight excluding hydrogens is 480 g/mol. The molecule has 0 spiro atoms. The molecular formula is C24H38O12. The molecule has 2 saturated heterocycles. The van der Waals surface area contributed by atoms with Crippen molar-refractivity contribution in [3.05, 3.63) is 23.3 Å². The summed E-state index contributed by atoms with van der Waals surface area (Å²) in [7, 11) is 0. The minimum Gasteiger partial charge on any atom is -0.394 e. The minimum atomic E-state index is -2.51. The number of hydrogen-bond acceptors (Lipinski definition) is 12. The average molecular weight is 519 g/mol. The summed E-state index contributed by atoms with van der Waals surface area (Å²) >= 11 is 0. The minimum absolute atomic E-state index is 0.155. The first-order valence-electron chi connectivity index (χ1n) is 11.9. The lowest BCUT2D eigenvalue weighted by molar-refractivity contribution is -0.407. The largest absolute Gasteiger partial charge is 0.394 e. The Morgan fingerprint density at radius 2 is 1.75 bits per heavy atom.